The van der Waals surface area contributed by atoms with Gasteiger partial charge in [0.1, 0.15) is 5.82 Å². The maximum absolute atomic E-state index is 13.1. The molecule has 0 fully saturated rings. The normalized spacial score (nSPS) is 10.5. The van der Waals surface area contributed by atoms with E-state index in [1.165, 1.54) is 12.1 Å². The third kappa shape index (κ3) is 3.22. The number of carbonyl (C=O) groups excluding carboxylic acids is 2. The molecule has 120 valence electrons. The molecule has 3 N–H and O–H groups in total. The largest absolute Gasteiger partial charge is 0.368 e. The first-order chi connectivity index (χ1) is 11.5. The maximum Gasteiger partial charge on any atom is 0.252 e. The van der Waals surface area contributed by atoms with E-state index in [2.05, 4.69) is 10.3 Å². The number of hydrogen-bond donors (Lipinski definition) is 2. The Bertz CT molecular complexity index is 923. The van der Waals surface area contributed by atoms with Crippen molar-refractivity contribution in [2.45, 2.75) is 0 Å². The number of hydrogen-bond acceptors (Lipinski definition) is 3. The van der Waals surface area contributed by atoms with E-state index in [0.29, 0.717) is 27.7 Å². The molecule has 0 bridgehead atoms. The van der Waals surface area contributed by atoms with Gasteiger partial charge in [0.15, 0.2) is 0 Å². The molecular formula is C18H14FN3O2. The monoisotopic (exact) mass is 323 g/mol. The number of halogens is 1. The van der Waals surface area contributed by atoms with Crippen LogP contribution in [0.1, 0.15) is 10.4 Å². The van der Waals surface area contributed by atoms with Gasteiger partial charge >= 0.3 is 0 Å². The zero-order valence-corrected chi connectivity index (χ0v) is 12.6. The first-order valence-electron chi connectivity index (χ1n) is 7.27. The molecule has 2 aromatic carbocycles. The fourth-order valence-corrected chi connectivity index (χ4v) is 2.39. The van der Waals surface area contributed by atoms with Crippen LogP contribution < -0.4 is 11.1 Å². The van der Waals surface area contributed by atoms with Crippen molar-refractivity contribution in [1.82, 2.24) is 10.3 Å². The smallest absolute Gasteiger partial charge is 0.252 e. The predicted molar refractivity (Wildman–Crippen MR) is 88.7 cm³/mol. The number of primary amides is 1. The van der Waals surface area contributed by atoms with E-state index in [0.717, 1.165) is 0 Å². The Morgan fingerprint density at radius 3 is 2.50 bits per heavy atom. The minimum Gasteiger partial charge on any atom is -0.368 e. The minimum atomic E-state index is -0.625. The number of fused-ring (bicyclic) bond motifs is 1. The zero-order chi connectivity index (χ0) is 17.1. The van der Waals surface area contributed by atoms with E-state index in [-0.39, 0.29) is 12.4 Å². The fourth-order valence-electron chi connectivity index (χ4n) is 2.39. The summed E-state index contributed by atoms with van der Waals surface area (Å²) >= 11 is 0. The molecule has 0 unspecified atom stereocenters. The van der Waals surface area contributed by atoms with Crippen LogP contribution in [0.3, 0.4) is 0 Å². The Kier molecular flexibility index (Phi) is 4.20. The van der Waals surface area contributed by atoms with Crippen LogP contribution in [0.4, 0.5) is 4.39 Å². The number of rotatable bonds is 4. The Hall–Kier alpha value is -3.28. The first-order valence-corrected chi connectivity index (χ1v) is 7.27. The van der Waals surface area contributed by atoms with Crippen molar-refractivity contribution >= 4 is 22.7 Å². The van der Waals surface area contributed by atoms with Crippen molar-refractivity contribution in [3.8, 4) is 11.3 Å². The molecule has 0 saturated carbocycles. The van der Waals surface area contributed by atoms with Crippen LogP contribution in [-0.2, 0) is 4.79 Å². The van der Waals surface area contributed by atoms with Crippen LogP contribution in [-0.4, -0.2) is 23.3 Å². The van der Waals surface area contributed by atoms with Gasteiger partial charge in [-0.05, 0) is 36.4 Å². The summed E-state index contributed by atoms with van der Waals surface area (Å²) in [4.78, 5) is 27.8. The molecule has 5 nitrogen and oxygen atoms in total. The number of benzene rings is 2. The molecule has 0 radical (unpaired) electrons. The van der Waals surface area contributed by atoms with E-state index in [9.17, 15) is 14.0 Å². The number of carbonyl (C=O) groups is 2. The van der Waals surface area contributed by atoms with Gasteiger partial charge in [-0.15, -0.1) is 0 Å². The first kappa shape index (κ1) is 15.6. The van der Waals surface area contributed by atoms with Gasteiger partial charge in [0.05, 0.1) is 23.3 Å². The molecule has 0 atom stereocenters. The maximum atomic E-state index is 13.1. The highest BCUT2D eigenvalue weighted by Crippen LogP contribution is 2.25. The number of para-hydroxylation sites is 1. The molecule has 1 heterocycles. The van der Waals surface area contributed by atoms with Crippen LogP contribution in [0, 0.1) is 5.82 Å². The topological polar surface area (TPSA) is 85.1 Å². The summed E-state index contributed by atoms with van der Waals surface area (Å²) in [5.41, 5.74) is 7.30. The van der Waals surface area contributed by atoms with Crippen LogP contribution in [0.5, 0.6) is 0 Å². The second kappa shape index (κ2) is 6.45. The lowest BCUT2D eigenvalue weighted by atomic mass is 10.0. The highest BCUT2D eigenvalue weighted by Gasteiger charge is 2.14. The van der Waals surface area contributed by atoms with Crippen molar-refractivity contribution in [3.05, 3.63) is 66.0 Å². The van der Waals surface area contributed by atoms with Crippen LogP contribution in [0.2, 0.25) is 0 Å². The van der Waals surface area contributed by atoms with Crippen LogP contribution in [0.15, 0.2) is 54.6 Å². The summed E-state index contributed by atoms with van der Waals surface area (Å²) in [7, 11) is 0. The highest BCUT2D eigenvalue weighted by atomic mass is 19.1. The minimum absolute atomic E-state index is 0.249. The second-order valence-electron chi connectivity index (χ2n) is 5.23. The molecule has 3 aromatic rings. The van der Waals surface area contributed by atoms with E-state index >= 15 is 0 Å². The van der Waals surface area contributed by atoms with Crippen LogP contribution in [0.25, 0.3) is 22.2 Å². The molecular weight excluding hydrogens is 309 g/mol. The number of pyridine rings is 1. The molecule has 0 aliphatic heterocycles. The number of amides is 2. The van der Waals surface area contributed by atoms with Crippen molar-refractivity contribution in [2.75, 3.05) is 6.54 Å². The third-order valence-corrected chi connectivity index (χ3v) is 3.52. The molecule has 6 heteroatoms. The fraction of sp³-hybridized carbons (Fsp3) is 0.0556. The van der Waals surface area contributed by atoms with Gasteiger partial charge in [0.2, 0.25) is 5.91 Å². The summed E-state index contributed by atoms with van der Waals surface area (Å²) in [6, 6.07) is 14.6. The Labute approximate surface area is 137 Å². The van der Waals surface area contributed by atoms with Crippen molar-refractivity contribution in [2.24, 2.45) is 5.73 Å². The molecule has 24 heavy (non-hydrogen) atoms. The van der Waals surface area contributed by atoms with Gasteiger partial charge in [-0.3, -0.25) is 9.59 Å². The quantitative estimate of drug-likeness (QED) is 0.772. The van der Waals surface area contributed by atoms with Gasteiger partial charge in [0, 0.05) is 10.9 Å². The number of nitrogens with one attached hydrogen (secondary N) is 1. The molecule has 0 aliphatic carbocycles. The van der Waals surface area contributed by atoms with Gasteiger partial charge < -0.3 is 11.1 Å². The highest BCUT2D eigenvalue weighted by molar-refractivity contribution is 6.07. The van der Waals surface area contributed by atoms with Crippen molar-refractivity contribution in [1.29, 1.82) is 0 Å². The lowest BCUT2D eigenvalue weighted by Gasteiger charge is -2.10. The number of aromatic nitrogens is 1. The standard InChI is InChI=1S/C18H14FN3O2/c19-12-7-5-11(6-8-12)16-9-14(18(24)21-10-17(20)23)13-3-1-2-4-15(13)22-16/h1-9H,10H2,(H2,20,23)(H,21,24). The Morgan fingerprint density at radius 1 is 1.08 bits per heavy atom. The van der Waals surface area contributed by atoms with E-state index in [1.54, 1.807) is 36.4 Å². The van der Waals surface area contributed by atoms with Gasteiger partial charge in [-0.1, -0.05) is 18.2 Å². The summed E-state index contributed by atoms with van der Waals surface area (Å²) in [5, 5.41) is 3.13. The van der Waals surface area contributed by atoms with E-state index < -0.39 is 11.8 Å². The molecule has 0 saturated heterocycles. The van der Waals surface area contributed by atoms with Crippen LogP contribution >= 0.6 is 0 Å². The lowest BCUT2D eigenvalue weighted by Crippen LogP contribution is -2.33. The van der Waals surface area contributed by atoms with E-state index in [4.69, 9.17) is 5.73 Å². The molecule has 0 spiro atoms. The van der Waals surface area contributed by atoms with Crippen molar-refractivity contribution in [3.63, 3.8) is 0 Å². The second-order valence-corrected chi connectivity index (χ2v) is 5.23. The Morgan fingerprint density at radius 2 is 1.79 bits per heavy atom. The van der Waals surface area contributed by atoms with Gasteiger partial charge in [-0.25, -0.2) is 9.37 Å². The number of nitrogens with zero attached hydrogens (tertiary/aromatic N) is 1. The van der Waals surface area contributed by atoms with Gasteiger partial charge in [-0.2, -0.15) is 0 Å². The SMILES string of the molecule is NC(=O)CNC(=O)c1cc(-c2ccc(F)cc2)nc2ccccc12. The molecule has 1 aromatic heterocycles. The molecule has 2 amide bonds. The number of nitrogens with two attached hydrogens (primary N) is 1. The molecule has 3 rings (SSSR count). The average Bonchev–Trinajstić information content (AvgIpc) is 2.59. The average molecular weight is 323 g/mol. The van der Waals surface area contributed by atoms with E-state index in [1.807, 2.05) is 6.07 Å². The van der Waals surface area contributed by atoms with Gasteiger partial charge in [0.25, 0.3) is 5.91 Å². The predicted octanol–water partition coefficient (Wildman–Crippen LogP) is 2.26. The summed E-state index contributed by atoms with van der Waals surface area (Å²) in [6.07, 6.45) is 0. The Balaban J connectivity index is 2.10. The molecule has 0 aliphatic rings. The van der Waals surface area contributed by atoms with Crippen molar-refractivity contribution < 1.29 is 14.0 Å². The third-order valence-electron chi connectivity index (χ3n) is 3.52. The summed E-state index contributed by atoms with van der Waals surface area (Å²) in [6.45, 7) is -0.249. The summed E-state index contributed by atoms with van der Waals surface area (Å²) < 4.78 is 13.1. The summed E-state index contributed by atoms with van der Waals surface area (Å²) in [5.74, 6) is -1.39. The zero-order valence-electron chi connectivity index (χ0n) is 12.6. The lowest BCUT2D eigenvalue weighted by molar-refractivity contribution is -0.117.